The second-order valence-corrected chi connectivity index (χ2v) is 11.0. The average molecular weight is 487 g/mol. The third-order valence-electron chi connectivity index (χ3n) is 5.48. The van der Waals surface area contributed by atoms with Crippen molar-refractivity contribution < 1.29 is 17.6 Å². The summed E-state index contributed by atoms with van der Waals surface area (Å²) >= 11 is 1.15. The smallest absolute Gasteiger partial charge is 0.277 e. The summed E-state index contributed by atoms with van der Waals surface area (Å²) in [4.78, 5) is 12.7. The van der Waals surface area contributed by atoms with Gasteiger partial charge in [-0.2, -0.15) is 4.31 Å². The van der Waals surface area contributed by atoms with Gasteiger partial charge in [0, 0.05) is 24.3 Å². The number of hydrogen-bond acceptors (Lipinski definition) is 7. The van der Waals surface area contributed by atoms with E-state index in [9.17, 15) is 13.2 Å². The number of aromatic nitrogens is 2. The van der Waals surface area contributed by atoms with Crippen LogP contribution in [0.5, 0.6) is 0 Å². The van der Waals surface area contributed by atoms with Crippen LogP contribution in [0.2, 0.25) is 0 Å². The summed E-state index contributed by atoms with van der Waals surface area (Å²) in [5, 5.41) is 11.2. The zero-order valence-electron chi connectivity index (χ0n) is 18.8. The van der Waals surface area contributed by atoms with Crippen molar-refractivity contribution in [3.05, 3.63) is 53.1 Å². The molecule has 0 unspecified atom stereocenters. The van der Waals surface area contributed by atoms with Gasteiger partial charge in [0.1, 0.15) is 0 Å². The van der Waals surface area contributed by atoms with Crippen molar-refractivity contribution >= 4 is 33.4 Å². The number of nitrogens with zero attached hydrogens (tertiary/aromatic N) is 3. The molecule has 1 fully saturated rings. The van der Waals surface area contributed by atoms with E-state index in [2.05, 4.69) is 15.5 Å². The number of rotatable bonds is 7. The summed E-state index contributed by atoms with van der Waals surface area (Å²) in [7, 11) is -3.47. The standard InChI is InChI=1S/C23H26N4O4S2/c1-15-12-16(2)21(17(3)13-15)24-20(28)14-32-23-26-25-22(31-23)18-6-8-19(9-7-18)33(29,30)27-10-4-5-11-27/h6-9,12-13H,4-5,10-11,14H2,1-3H3,(H,24,28). The van der Waals surface area contributed by atoms with E-state index in [0.717, 1.165) is 47.0 Å². The molecule has 4 rings (SSSR count). The van der Waals surface area contributed by atoms with Gasteiger partial charge in [-0.15, -0.1) is 10.2 Å². The number of nitrogens with one attached hydrogen (secondary N) is 1. The zero-order chi connectivity index (χ0) is 23.6. The van der Waals surface area contributed by atoms with Crippen molar-refractivity contribution in [2.24, 2.45) is 0 Å². The van der Waals surface area contributed by atoms with Gasteiger partial charge in [-0.05, 0) is 69.0 Å². The van der Waals surface area contributed by atoms with Gasteiger partial charge in [-0.1, -0.05) is 29.5 Å². The second-order valence-electron chi connectivity index (χ2n) is 8.12. The van der Waals surface area contributed by atoms with E-state index in [1.54, 1.807) is 24.3 Å². The van der Waals surface area contributed by atoms with E-state index >= 15 is 0 Å². The van der Waals surface area contributed by atoms with E-state index in [1.807, 2.05) is 32.9 Å². The minimum Gasteiger partial charge on any atom is -0.411 e. The molecule has 0 aliphatic carbocycles. The van der Waals surface area contributed by atoms with E-state index in [1.165, 1.54) is 4.31 Å². The molecule has 10 heteroatoms. The van der Waals surface area contributed by atoms with Crippen molar-refractivity contribution in [1.29, 1.82) is 0 Å². The largest absolute Gasteiger partial charge is 0.411 e. The Morgan fingerprint density at radius 1 is 1.06 bits per heavy atom. The highest BCUT2D eigenvalue weighted by atomic mass is 32.2. The molecule has 0 spiro atoms. The Morgan fingerprint density at radius 2 is 1.70 bits per heavy atom. The molecule has 1 N–H and O–H groups in total. The molecule has 0 atom stereocenters. The van der Waals surface area contributed by atoms with Crippen LogP contribution in [0.25, 0.3) is 11.5 Å². The number of carbonyl (C=O) groups excluding carboxylic acids is 1. The first kappa shape index (κ1) is 23.5. The molecule has 0 saturated carbocycles. The van der Waals surface area contributed by atoms with Crippen molar-refractivity contribution in [3.63, 3.8) is 0 Å². The molecule has 1 amide bonds. The van der Waals surface area contributed by atoms with Crippen LogP contribution in [-0.4, -0.2) is 47.7 Å². The van der Waals surface area contributed by atoms with Gasteiger partial charge in [0.25, 0.3) is 5.22 Å². The second kappa shape index (κ2) is 9.66. The maximum absolute atomic E-state index is 12.7. The van der Waals surface area contributed by atoms with Crippen LogP contribution in [-0.2, 0) is 14.8 Å². The number of benzene rings is 2. The fraction of sp³-hybridized carbons (Fsp3) is 0.348. The Balaban J connectivity index is 1.38. The maximum atomic E-state index is 12.7. The molecular formula is C23H26N4O4S2. The zero-order valence-corrected chi connectivity index (χ0v) is 20.4. The first-order valence-corrected chi connectivity index (χ1v) is 13.1. The van der Waals surface area contributed by atoms with E-state index in [4.69, 9.17) is 4.42 Å². The molecule has 0 bridgehead atoms. The molecule has 174 valence electrons. The topological polar surface area (TPSA) is 105 Å². The molecule has 1 saturated heterocycles. The number of hydrogen-bond donors (Lipinski definition) is 1. The highest BCUT2D eigenvalue weighted by Crippen LogP contribution is 2.27. The van der Waals surface area contributed by atoms with Crippen LogP contribution in [0.3, 0.4) is 0 Å². The Morgan fingerprint density at radius 3 is 2.33 bits per heavy atom. The quantitative estimate of drug-likeness (QED) is 0.500. The summed E-state index contributed by atoms with van der Waals surface area (Å²) in [5.41, 5.74) is 4.62. The van der Waals surface area contributed by atoms with Gasteiger partial charge in [0.2, 0.25) is 21.8 Å². The SMILES string of the molecule is Cc1cc(C)c(NC(=O)CSc2nnc(-c3ccc(S(=O)(=O)N4CCCC4)cc3)o2)c(C)c1. The third kappa shape index (κ3) is 5.29. The van der Waals surface area contributed by atoms with Gasteiger partial charge in [-0.25, -0.2) is 8.42 Å². The summed E-state index contributed by atoms with van der Waals surface area (Å²) in [5.74, 6) is 0.237. The molecule has 1 aromatic heterocycles. The molecule has 33 heavy (non-hydrogen) atoms. The minimum absolute atomic E-state index is 0.126. The van der Waals surface area contributed by atoms with Crippen LogP contribution in [0.1, 0.15) is 29.5 Å². The maximum Gasteiger partial charge on any atom is 0.277 e. The van der Waals surface area contributed by atoms with E-state index in [-0.39, 0.29) is 27.7 Å². The highest BCUT2D eigenvalue weighted by molar-refractivity contribution is 7.99. The van der Waals surface area contributed by atoms with Crippen molar-refractivity contribution in [2.45, 2.75) is 43.7 Å². The minimum atomic E-state index is -3.47. The molecular weight excluding hydrogens is 460 g/mol. The molecule has 1 aliphatic heterocycles. The third-order valence-corrected chi connectivity index (χ3v) is 8.21. The van der Waals surface area contributed by atoms with Crippen LogP contribution in [0.4, 0.5) is 5.69 Å². The Bertz CT molecular complexity index is 1240. The summed E-state index contributed by atoms with van der Waals surface area (Å²) in [6.07, 6.45) is 1.78. The van der Waals surface area contributed by atoms with E-state index in [0.29, 0.717) is 18.7 Å². The van der Waals surface area contributed by atoms with Crippen molar-refractivity contribution in [2.75, 3.05) is 24.2 Å². The lowest BCUT2D eigenvalue weighted by atomic mass is 10.1. The van der Waals surface area contributed by atoms with Crippen LogP contribution in [0.15, 0.2) is 50.9 Å². The first-order chi connectivity index (χ1) is 15.7. The Kier molecular flexibility index (Phi) is 6.87. The number of amides is 1. The number of sulfonamides is 1. The lowest BCUT2D eigenvalue weighted by molar-refractivity contribution is -0.113. The van der Waals surface area contributed by atoms with Gasteiger partial charge in [0.15, 0.2) is 0 Å². The number of anilines is 1. The van der Waals surface area contributed by atoms with Gasteiger partial charge in [0.05, 0.1) is 10.6 Å². The molecule has 0 radical (unpaired) electrons. The van der Waals surface area contributed by atoms with Gasteiger partial charge < -0.3 is 9.73 Å². The molecule has 2 aromatic carbocycles. The van der Waals surface area contributed by atoms with E-state index < -0.39 is 10.0 Å². The molecule has 1 aliphatic rings. The van der Waals surface area contributed by atoms with Crippen LogP contribution >= 0.6 is 11.8 Å². The average Bonchev–Trinajstić information content (AvgIpc) is 3.48. The molecule has 2 heterocycles. The number of thioether (sulfide) groups is 1. The fourth-order valence-electron chi connectivity index (χ4n) is 3.91. The summed E-state index contributed by atoms with van der Waals surface area (Å²) in [6.45, 7) is 7.08. The number of aryl methyl sites for hydroxylation is 3. The fourth-order valence-corrected chi connectivity index (χ4v) is 5.99. The Labute approximate surface area is 197 Å². The van der Waals surface area contributed by atoms with Crippen molar-refractivity contribution in [3.8, 4) is 11.5 Å². The Hall–Kier alpha value is -2.69. The predicted octanol–water partition coefficient (Wildman–Crippen LogP) is 4.18. The molecule has 8 nitrogen and oxygen atoms in total. The van der Waals surface area contributed by atoms with Gasteiger partial charge in [-0.3, -0.25) is 4.79 Å². The van der Waals surface area contributed by atoms with Crippen LogP contribution in [0, 0.1) is 20.8 Å². The summed E-state index contributed by atoms with van der Waals surface area (Å²) < 4.78 is 32.5. The van der Waals surface area contributed by atoms with Crippen LogP contribution < -0.4 is 5.32 Å². The monoisotopic (exact) mass is 486 g/mol. The molecule has 3 aromatic rings. The lowest BCUT2D eigenvalue weighted by Gasteiger charge is -2.15. The lowest BCUT2D eigenvalue weighted by Crippen LogP contribution is -2.27. The highest BCUT2D eigenvalue weighted by Gasteiger charge is 2.27. The normalized spacial score (nSPS) is 14.5. The summed E-state index contributed by atoms with van der Waals surface area (Å²) in [6, 6.07) is 10.5. The predicted molar refractivity (Wildman–Crippen MR) is 128 cm³/mol. The van der Waals surface area contributed by atoms with Crippen molar-refractivity contribution in [1.82, 2.24) is 14.5 Å². The number of carbonyl (C=O) groups is 1. The first-order valence-electron chi connectivity index (χ1n) is 10.7. The van der Waals surface area contributed by atoms with Gasteiger partial charge >= 0.3 is 0 Å².